The summed E-state index contributed by atoms with van der Waals surface area (Å²) in [6.07, 6.45) is 8.42. The zero-order chi connectivity index (χ0) is 40.1. The number of benzene rings is 4. The van der Waals surface area contributed by atoms with Crippen molar-refractivity contribution >= 4 is 0 Å². The molecule has 2 aliphatic heterocycles. The van der Waals surface area contributed by atoms with E-state index < -0.39 is 0 Å². The third-order valence-electron chi connectivity index (χ3n) is 11.4. The van der Waals surface area contributed by atoms with Gasteiger partial charge in [-0.3, -0.25) is 0 Å². The Kier molecular flexibility index (Phi) is 11.1. The van der Waals surface area contributed by atoms with Crippen molar-refractivity contribution < 1.29 is 19.3 Å². The van der Waals surface area contributed by atoms with Crippen LogP contribution in [0.2, 0.25) is 0 Å². The number of hydrogen-bond donors (Lipinski definition) is 1. The minimum atomic E-state index is -0.123. The van der Waals surface area contributed by atoms with Crippen LogP contribution in [0.5, 0.6) is 23.0 Å². The largest absolute Gasteiger partial charge is 0.507 e. The Balaban J connectivity index is 1.79. The summed E-state index contributed by atoms with van der Waals surface area (Å²) in [6.45, 7) is 28.4. The molecule has 0 aromatic heterocycles. The molecule has 2 heterocycles. The molecule has 0 spiro atoms. The predicted molar refractivity (Wildman–Crippen MR) is 229 cm³/mol. The van der Waals surface area contributed by atoms with Crippen molar-refractivity contribution in [2.24, 2.45) is 0 Å². The smallest absolute Gasteiger partial charge is 0.126 e. The van der Waals surface area contributed by atoms with E-state index in [2.05, 4.69) is 144 Å². The van der Waals surface area contributed by atoms with Crippen LogP contribution in [-0.2, 0) is 47.3 Å². The number of phenols is 1. The second kappa shape index (κ2) is 15.1. The molecule has 7 rings (SSSR count). The molecule has 1 aliphatic carbocycles. The van der Waals surface area contributed by atoms with Crippen molar-refractivity contribution in [2.45, 2.75) is 143 Å². The van der Waals surface area contributed by atoms with Gasteiger partial charge in [-0.2, -0.15) is 0 Å². The molecule has 4 aromatic carbocycles. The number of phenolic OH excluding ortho intramolecular Hbond substituents is 1. The van der Waals surface area contributed by atoms with Crippen molar-refractivity contribution in [3.05, 3.63) is 127 Å². The summed E-state index contributed by atoms with van der Waals surface area (Å²) in [6, 6.07) is 18.5. The Labute approximate surface area is 332 Å². The Morgan fingerprint density at radius 3 is 1.00 bits per heavy atom. The lowest BCUT2D eigenvalue weighted by Crippen LogP contribution is -2.17. The number of rotatable bonds is 1. The lowest BCUT2D eigenvalue weighted by Gasteiger charge is -2.28. The van der Waals surface area contributed by atoms with Gasteiger partial charge in [-0.1, -0.05) is 144 Å². The lowest BCUT2D eigenvalue weighted by atomic mass is 9.79. The minimum Gasteiger partial charge on any atom is -0.507 e. The van der Waals surface area contributed by atoms with E-state index in [-0.39, 0.29) is 21.7 Å². The fourth-order valence-electron chi connectivity index (χ4n) is 7.96. The molecule has 4 heteroatoms. The van der Waals surface area contributed by atoms with E-state index in [1.165, 1.54) is 22.3 Å². The minimum absolute atomic E-state index is 0.0818. The number of fused-ring (bicyclic) bond motifs is 6. The van der Waals surface area contributed by atoms with Crippen LogP contribution in [0.15, 0.2) is 60.7 Å². The SMILES string of the molecule is COc1c2cc(C(C)(C)C)cc1Cc1cc(C(C)(C)C)cc3c1OCC/C=C\CCOc1c(cc(C(C)(C)C)cc1C2)Cc1cc(C(C)(C)C)cc(c1O)C3. The highest BCUT2D eigenvalue weighted by Gasteiger charge is 2.28. The van der Waals surface area contributed by atoms with Gasteiger partial charge >= 0.3 is 0 Å². The van der Waals surface area contributed by atoms with Gasteiger partial charge in [-0.25, -0.2) is 0 Å². The summed E-state index contributed by atoms with van der Waals surface area (Å²) in [5.41, 5.74) is 13.2. The van der Waals surface area contributed by atoms with Crippen molar-refractivity contribution in [1.29, 1.82) is 0 Å². The Morgan fingerprint density at radius 1 is 0.436 bits per heavy atom. The summed E-state index contributed by atoms with van der Waals surface area (Å²) < 4.78 is 20.3. The van der Waals surface area contributed by atoms with Crippen LogP contribution in [0.4, 0.5) is 0 Å². The molecular formula is C51H66O4. The number of aromatic hydroxyl groups is 1. The summed E-state index contributed by atoms with van der Waals surface area (Å²) in [5, 5.41) is 12.4. The van der Waals surface area contributed by atoms with Crippen LogP contribution in [-0.4, -0.2) is 25.4 Å². The Morgan fingerprint density at radius 2 is 0.709 bits per heavy atom. The molecule has 0 radical (unpaired) electrons. The van der Waals surface area contributed by atoms with Crippen LogP contribution >= 0.6 is 0 Å². The van der Waals surface area contributed by atoms with Crippen LogP contribution in [0.3, 0.4) is 0 Å². The molecule has 0 atom stereocenters. The summed E-state index contributed by atoms with van der Waals surface area (Å²) in [7, 11) is 1.82. The van der Waals surface area contributed by atoms with Gasteiger partial charge in [0.25, 0.3) is 0 Å². The standard InChI is InChI=1S/C51H66O4/c1-48(2,3)40-24-32-20-36-28-42(50(7,8)9)30-38-22-34-26-41(49(4,5)6)27-35(45(34)53-13)23-39-31-43(51(10,11)12)29-37(21-33(25-40)44(32)52)47(39)55-19-17-15-14-16-18-54-46(36)38/h14-15,24-31,52H,16-23H2,1-13H3/b15-14-. The van der Waals surface area contributed by atoms with E-state index in [0.717, 1.165) is 74.6 Å². The lowest BCUT2D eigenvalue weighted by molar-refractivity contribution is 0.315. The van der Waals surface area contributed by atoms with E-state index in [9.17, 15) is 5.11 Å². The van der Waals surface area contributed by atoms with E-state index in [1.807, 2.05) is 7.11 Å². The van der Waals surface area contributed by atoms with Gasteiger partial charge in [-0.15, -0.1) is 0 Å². The first-order chi connectivity index (χ1) is 25.6. The molecule has 4 aromatic rings. The van der Waals surface area contributed by atoms with Crippen molar-refractivity contribution in [2.75, 3.05) is 20.3 Å². The number of hydrogen-bond acceptors (Lipinski definition) is 4. The fraction of sp³-hybridized carbons (Fsp3) is 0.490. The molecule has 1 N–H and O–H groups in total. The predicted octanol–water partition coefficient (Wildman–Crippen LogP) is 12.4. The molecule has 3 aliphatic rings. The zero-order valence-corrected chi connectivity index (χ0v) is 36.1. The van der Waals surface area contributed by atoms with E-state index in [1.54, 1.807) is 0 Å². The summed E-state index contributed by atoms with van der Waals surface area (Å²) >= 11 is 0. The van der Waals surface area contributed by atoms with Gasteiger partial charge in [0.1, 0.15) is 23.0 Å². The van der Waals surface area contributed by atoms with Gasteiger partial charge in [0.15, 0.2) is 0 Å². The summed E-state index contributed by atoms with van der Waals surface area (Å²) in [4.78, 5) is 0. The second-order valence-electron chi connectivity index (χ2n) is 20.2. The first-order valence-corrected chi connectivity index (χ1v) is 20.4. The fourth-order valence-corrected chi connectivity index (χ4v) is 7.96. The second-order valence-corrected chi connectivity index (χ2v) is 20.2. The van der Waals surface area contributed by atoms with Crippen LogP contribution in [0.1, 0.15) is 163 Å². The first-order valence-electron chi connectivity index (χ1n) is 20.4. The molecule has 294 valence electrons. The highest BCUT2D eigenvalue weighted by Crippen LogP contribution is 2.44. The van der Waals surface area contributed by atoms with Gasteiger partial charge in [0.05, 0.1) is 20.3 Å². The molecule has 0 unspecified atom stereocenters. The van der Waals surface area contributed by atoms with Crippen LogP contribution < -0.4 is 14.2 Å². The zero-order valence-electron chi connectivity index (χ0n) is 36.1. The van der Waals surface area contributed by atoms with E-state index in [4.69, 9.17) is 14.2 Å². The van der Waals surface area contributed by atoms with Crippen molar-refractivity contribution in [1.82, 2.24) is 0 Å². The highest BCUT2D eigenvalue weighted by molar-refractivity contribution is 5.59. The molecule has 4 nitrogen and oxygen atoms in total. The monoisotopic (exact) mass is 742 g/mol. The number of methoxy groups -OCH3 is 1. The maximum Gasteiger partial charge on any atom is 0.126 e. The molecule has 0 saturated carbocycles. The number of ether oxygens (including phenoxy) is 3. The quantitative estimate of drug-likeness (QED) is 0.174. The van der Waals surface area contributed by atoms with Gasteiger partial charge < -0.3 is 19.3 Å². The molecule has 0 amide bonds. The average Bonchev–Trinajstić information content (AvgIpc) is 3.06. The van der Waals surface area contributed by atoms with E-state index in [0.29, 0.717) is 44.6 Å². The molecule has 55 heavy (non-hydrogen) atoms. The van der Waals surface area contributed by atoms with Crippen LogP contribution in [0.25, 0.3) is 0 Å². The highest BCUT2D eigenvalue weighted by atomic mass is 16.5. The normalized spacial score (nSPS) is 16.0. The van der Waals surface area contributed by atoms with Gasteiger partial charge in [-0.05, 0) is 101 Å². The van der Waals surface area contributed by atoms with Crippen LogP contribution in [0, 0.1) is 0 Å². The maximum absolute atomic E-state index is 12.4. The average molecular weight is 743 g/mol. The topological polar surface area (TPSA) is 47.9 Å². The molecule has 0 fully saturated rings. The van der Waals surface area contributed by atoms with Gasteiger partial charge in [0.2, 0.25) is 0 Å². The third-order valence-corrected chi connectivity index (χ3v) is 11.4. The molecular weight excluding hydrogens is 677 g/mol. The molecule has 0 saturated heterocycles. The first kappa shape index (κ1) is 40.5. The van der Waals surface area contributed by atoms with Crippen molar-refractivity contribution in [3.63, 3.8) is 0 Å². The van der Waals surface area contributed by atoms with Crippen molar-refractivity contribution in [3.8, 4) is 23.0 Å². The summed E-state index contributed by atoms with van der Waals surface area (Å²) in [5.74, 6) is 3.10. The van der Waals surface area contributed by atoms with E-state index >= 15 is 0 Å². The van der Waals surface area contributed by atoms with Gasteiger partial charge in [0, 0.05) is 25.7 Å². The Bertz CT molecular complexity index is 1960. The maximum atomic E-state index is 12.4. The third kappa shape index (κ3) is 8.95. The Hall–Kier alpha value is -4.18. The molecule has 10 bridgehead atoms.